The van der Waals surface area contributed by atoms with Gasteiger partial charge in [-0.2, -0.15) is 5.10 Å². The molecule has 7 heteroatoms. The number of aromatic hydroxyl groups is 2. The zero-order valence-electron chi connectivity index (χ0n) is 14.1. The molecule has 0 saturated heterocycles. The Morgan fingerprint density at radius 3 is 2.88 bits per heavy atom. The van der Waals surface area contributed by atoms with Crippen molar-refractivity contribution in [1.82, 2.24) is 14.8 Å². The highest BCUT2D eigenvalue weighted by atomic mass is 32.2. The van der Waals surface area contributed by atoms with Crippen molar-refractivity contribution >= 4 is 24.0 Å². The van der Waals surface area contributed by atoms with Gasteiger partial charge >= 0.3 is 0 Å². The number of phenolic OH excluding ortho intramolecular Hbond substituents is 2. The largest absolute Gasteiger partial charge is 0.508 e. The van der Waals surface area contributed by atoms with Crippen molar-refractivity contribution in [3.63, 3.8) is 0 Å². The molecule has 4 rings (SSSR count). The van der Waals surface area contributed by atoms with Crippen LogP contribution in [0.3, 0.4) is 0 Å². The fourth-order valence-corrected chi connectivity index (χ4v) is 4.13. The summed E-state index contributed by atoms with van der Waals surface area (Å²) < 4.78 is 2.25. The molecule has 1 aliphatic heterocycles. The minimum atomic E-state index is -0.0368. The van der Waals surface area contributed by atoms with Gasteiger partial charge in [-0.1, -0.05) is 30.8 Å². The van der Waals surface area contributed by atoms with Gasteiger partial charge in [0, 0.05) is 11.0 Å². The lowest BCUT2D eigenvalue weighted by Gasteiger charge is -2.14. The normalized spacial score (nSPS) is 13.0. The third-order valence-electron chi connectivity index (χ3n) is 4.43. The summed E-state index contributed by atoms with van der Waals surface area (Å²) in [5.74, 6) is 0.551. The first-order chi connectivity index (χ1) is 12.6. The minimum absolute atomic E-state index is 0.0368. The van der Waals surface area contributed by atoms with Crippen LogP contribution >= 0.6 is 24.0 Å². The van der Waals surface area contributed by atoms with Crippen LogP contribution in [0.25, 0.3) is 17.1 Å². The van der Waals surface area contributed by atoms with Gasteiger partial charge in [0.1, 0.15) is 11.5 Å². The molecule has 0 amide bonds. The predicted octanol–water partition coefficient (Wildman–Crippen LogP) is 4.73. The standard InChI is InChI=1S/C19H17N3O2S2/c1-2-11-8-14(16(24)10-15(11)23)18-20-21-19(25)22(18)13-6-5-12-4-3-7-26-17(12)9-13/h3,5-10,23-24H,2,4H2,1H3,(H,21,25). The SMILES string of the molecule is CCc1cc(-c2n[nH]c(=S)n2-c2ccc3c(c2)SC=CC3)c(O)cc1O. The quantitative estimate of drug-likeness (QED) is 0.570. The van der Waals surface area contributed by atoms with E-state index in [2.05, 4.69) is 33.8 Å². The highest BCUT2D eigenvalue weighted by Gasteiger charge is 2.18. The van der Waals surface area contributed by atoms with Gasteiger partial charge in [-0.05, 0) is 59.8 Å². The van der Waals surface area contributed by atoms with E-state index < -0.39 is 0 Å². The van der Waals surface area contributed by atoms with Crippen molar-refractivity contribution in [2.75, 3.05) is 0 Å². The zero-order chi connectivity index (χ0) is 18.3. The average molecular weight is 383 g/mol. The lowest BCUT2D eigenvalue weighted by Crippen LogP contribution is -2.00. The molecule has 26 heavy (non-hydrogen) atoms. The van der Waals surface area contributed by atoms with E-state index >= 15 is 0 Å². The number of allylic oxidation sites excluding steroid dienone is 1. The zero-order valence-corrected chi connectivity index (χ0v) is 15.7. The van der Waals surface area contributed by atoms with Crippen molar-refractivity contribution in [2.24, 2.45) is 0 Å². The van der Waals surface area contributed by atoms with Crippen molar-refractivity contribution in [2.45, 2.75) is 24.7 Å². The first-order valence-electron chi connectivity index (χ1n) is 8.26. The topological polar surface area (TPSA) is 74.1 Å². The fraction of sp³-hybridized carbons (Fsp3) is 0.158. The number of phenols is 2. The molecule has 3 aromatic rings. The lowest BCUT2D eigenvalue weighted by atomic mass is 10.1. The second-order valence-electron chi connectivity index (χ2n) is 6.03. The van der Waals surface area contributed by atoms with Crippen molar-refractivity contribution < 1.29 is 10.2 Å². The Hall–Kier alpha value is -2.51. The molecular formula is C19H17N3O2S2. The lowest BCUT2D eigenvalue weighted by molar-refractivity contribution is 0.447. The molecule has 0 unspecified atom stereocenters. The molecule has 0 atom stereocenters. The van der Waals surface area contributed by atoms with Gasteiger partial charge in [0.2, 0.25) is 0 Å². The minimum Gasteiger partial charge on any atom is -0.508 e. The van der Waals surface area contributed by atoms with Crippen LogP contribution in [0, 0.1) is 4.77 Å². The molecule has 0 saturated carbocycles. The molecule has 5 nitrogen and oxygen atoms in total. The smallest absolute Gasteiger partial charge is 0.200 e. The number of H-pyrrole nitrogens is 1. The Bertz CT molecular complexity index is 1080. The molecule has 0 spiro atoms. The third kappa shape index (κ3) is 2.83. The van der Waals surface area contributed by atoms with E-state index in [0.29, 0.717) is 22.6 Å². The first-order valence-corrected chi connectivity index (χ1v) is 9.55. The summed E-state index contributed by atoms with van der Waals surface area (Å²) in [6.45, 7) is 1.95. The molecule has 0 aliphatic carbocycles. The van der Waals surface area contributed by atoms with Gasteiger partial charge in [0.15, 0.2) is 10.6 Å². The van der Waals surface area contributed by atoms with E-state index in [1.54, 1.807) is 22.4 Å². The number of hydrogen-bond donors (Lipinski definition) is 3. The van der Waals surface area contributed by atoms with E-state index in [0.717, 1.165) is 17.7 Å². The number of hydrogen-bond acceptors (Lipinski definition) is 5. The summed E-state index contributed by atoms with van der Waals surface area (Å²) in [6.07, 6.45) is 3.71. The first kappa shape index (κ1) is 16.9. The molecule has 0 fully saturated rings. The molecule has 2 heterocycles. The van der Waals surface area contributed by atoms with Gasteiger partial charge in [-0.15, -0.1) is 0 Å². The van der Waals surface area contributed by atoms with Crippen LogP contribution in [-0.2, 0) is 12.8 Å². The van der Waals surface area contributed by atoms with Gasteiger partial charge < -0.3 is 10.2 Å². The monoisotopic (exact) mass is 383 g/mol. The number of aromatic amines is 1. The third-order valence-corrected chi connectivity index (χ3v) is 5.67. The van der Waals surface area contributed by atoms with Crippen LogP contribution in [0.1, 0.15) is 18.1 Å². The number of nitrogens with zero attached hydrogens (tertiary/aromatic N) is 2. The van der Waals surface area contributed by atoms with Gasteiger partial charge in [0.25, 0.3) is 0 Å². The maximum Gasteiger partial charge on any atom is 0.200 e. The number of nitrogens with one attached hydrogen (secondary N) is 1. The van der Waals surface area contributed by atoms with Crippen molar-refractivity contribution in [1.29, 1.82) is 0 Å². The molecule has 1 aliphatic rings. The Morgan fingerprint density at radius 2 is 2.08 bits per heavy atom. The maximum absolute atomic E-state index is 10.4. The van der Waals surface area contributed by atoms with E-state index in [9.17, 15) is 10.2 Å². The number of thioether (sulfide) groups is 1. The van der Waals surface area contributed by atoms with Gasteiger partial charge in [-0.25, -0.2) is 0 Å². The fourth-order valence-electron chi connectivity index (χ4n) is 3.06. The Kier molecular flexibility index (Phi) is 4.34. The number of benzene rings is 2. The maximum atomic E-state index is 10.4. The van der Waals surface area contributed by atoms with Crippen LogP contribution in [-0.4, -0.2) is 25.0 Å². The van der Waals surface area contributed by atoms with Gasteiger partial charge in [0.05, 0.1) is 11.3 Å². The molecule has 0 radical (unpaired) electrons. The van der Waals surface area contributed by atoms with Crippen LogP contribution in [0.15, 0.2) is 46.7 Å². The average Bonchev–Trinajstić information content (AvgIpc) is 3.03. The van der Waals surface area contributed by atoms with Crippen molar-refractivity contribution in [3.05, 3.63) is 57.7 Å². The molecule has 0 bridgehead atoms. The second kappa shape index (κ2) is 6.66. The Balaban J connectivity index is 1.89. The summed E-state index contributed by atoms with van der Waals surface area (Å²) in [5.41, 5.74) is 3.42. The predicted molar refractivity (Wildman–Crippen MR) is 106 cm³/mol. The number of rotatable bonds is 3. The molecule has 2 aromatic carbocycles. The molecule has 132 valence electrons. The Labute approximate surface area is 160 Å². The summed E-state index contributed by atoms with van der Waals surface area (Å²) in [6, 6.07) is 9.28. The summed E-state index contributed by atoms with van der Waals surface area (Å²) in [7, 11) is 0. The summed E-state index contributed by atoms with van der Waals surface area (Å²) in [4.78, 5) is 1.18. The van der Waals surface area contributed by atoms with Crippen LogP contribution < -0.4 is 0 Å². The summed E-state index contributed by atoms with van der Waals surface area (Å²) in [5, 5.41) is 29.5. The Morgan fingerprint density at radius 1 is 1.23 bits per heavy atom. The number of fused-ring (bicyclic) bond motifs is 1. The van der Waals surface area contributed by atoms with Gasteiger partial charge in [-0.3, -0.25) is 9.67 Å². The van der Waals surface area contributed by atoms with E-state index in [4.69, 9.17) is 12.2 Å². The second-order valence-corrected chi connectivity index (χ2v) is 7.36. The number of aryl methyl sites for hydroxylation is 1. The van der Waals surface area contributed by atoms with E-state index in [-0.39, 0.29) is 11.5 Å². The molecule has 3 N–H and O–H groups in total. The van der Waals surface area contributed by atoms with Crippen LogP contribution in [0.2, 0.25) is 0 Å². The van der Waals surface area contributed by atoms with Crippen LogP contribution in [0.4, 0.5) is 0 Å². The molecule has 1 aromatic heterocycles. The highest BCUT2D eigenvalue weighted by Crippen LogP contribution is 2.36. The molecular weight excluding hydrogens is 366 g/mol. The van der Waals surface area contributed by atoms with E-state index in [1.165, 1.54) is 16.5 Å². The van der Waals surface area contributed by atoms with Crippen LogP contribution in [0.5, 0.6) is 11.5 Å². The number of aromatic nitrogens is 3. The van der Waals surface area contributed by atoms with Crippen molar-refractivity contribution in [3.8, 4) is 28.6 Å². The highest BCUT2D eigenvalue weighted by molar-refractivity contribution is 8.02. The van der Waals surface area contributed by atoms with E-state index in [1.807, 2.05) is 13.0 Å². The summed E-state index contributed by atoms with van der Waals surface area (Å²) >= 11 is 7.11.